The lowest BCUT2D eigenvalue weighted by Crippen LogP contribution is -2.34. The molecule has 0 saturated carbocycles. The zero-order chi connectivity index (χ0) is 12.7. The van der Waals surface area contributed by atoms with Crippen LogP contribution in [0.3, 0.4) is 0 Å². The van der Waals surface area contributed by atoms with E-state index in [1.54, 1.807) is 7.11 Å². The molecule has 0 amide bonds. The van der Waals surface area contributed by atoms with Crippen LogP contribution in [-0.2, 0) is 0 Å². The molecule has 0 atom stereocenters. The lowest BCUT2D eigenvalue weighted by Gasteiger charge is -2.24. The molecular weight excluding hydrogens is 214 g/mol. The van der Waals surface area contributed by atoms with Crippen molar-refractivity contribution in [1.82, 2.24) is 4.90 Å². The average Bonchev–Trinajstić information content (AvgIpc) is 2.34. The second-order valence-electron chi connectivity index (χ2n) is 4.25. The Balaban J connectivity index is 2.39. The molecule has 0 bridgehead atoms. The number of methoxy groups -OCH3 is 1. The maximum atomic E-state index is 5.71. The number of likely N-dealkylation sites (N-methyl/N-ethyl adjacent to an activating group) is 1. The summed E-state index contributed by atoms with van der Waals surface area (Å²) in [5.41, 5.74) is 0. The molecule has 0 N–H and O–H groups in total. The zero-order valence-corrected chi connectivity index (χ0v) is 11.3. The maximum absolute atomic E-state index is 5.71. The second-order valence-corrected chi connectivity index (χ2v) is 4.25. The van der Waals surface area contributed by atoms with Gasteiger partial charge in [-0.2, -0.15) is 0 Å². The Morgan fingerprint density at radius 1 is 1.24 bits per heavy atom. The van der Waals surface area contributed by atoms with Crippen LogP contribution < -0.4 is 9.47 Å². The summed E-state index contributed by atoms with van der Waals surface area (Å²) >= 11 is 0. The van der Waals surface area contributed by atoms with Gasteiger partial charge >= 0.3 is 0 Å². The molecule has 0 unspecified atom stereocenters. The Morgan fingerprint density at radius 2 is 1.94 bits per heavy atom. The van der Waals surface area contributed by atoms with Gasteiger partial charge in [0.1, 0.15) is 18.1 Å². The van der Waals surface area contributed by atoms with Gasteiger partial charge in [0.15, 0.2) is 0 Å². The fourth-order valence-electron chi connectivity index (χ4n) is 1.75. The lowest BCUT2D eigenvalue weighted by molar-refractivity contribution is 0.183. The number of ether oxygens (including phenoxy) is 2. The highest BCUT2D eigenvalue weighted by molar-refractivity contribution is 5.32. The summed E-state index contributed by atoms with van der Waals surface area (Å²) in [5, 5.41) is 0. The van der Waals surface area contributed by atoms with Gasteiger partial charge in [0.2, 0.25) is 0 Å². The highest BCUT2D eigenvalue weighted by atomic mass is 16.5. The molecule has 0 saturated heterocycles. The van der Waals surface area contributed by atoms with Crippen molar-refractivity contribution in [3.05, 3.63) is 24.3 Å². The third kappa shape index (κ3) is 4.65. The van der Waals surface area contributed by atoms with Crippen LogP contribution in [0.25, 0.3) is 0 Å². The normalized spacial score (nSPS) is 10.9. The molecule has 0 aliphatic rings. The minimum atomic E-state index is 0.564. The molecule has 0 aliphatic carbocycles. The number of hydrogen-bond donors (Lipinski definition) is 0. The third-order valence-electron chi connectivity index (χ3n) is 2.82. The molecule has 96 valence electrons. The zero-order valence-electron chi connectivity index (χ0n) is 11.3. The van der Waals surface area contributed by atoms with Crippen LogP contribution >= 0.6 is 0 Å². The first-order valence-corrected chi connectivity index (χ1v) is 6.18. The second kappa shape index (κ2) is 7.17. The molecular formula is C14H23NO2. The SMILES string of the molecule is CCN(CCOc1cccc(OC)c1)C(C)C. The van der Waals surface area contributed by atoms with E-state index in [-0.39, 0.29) is 0 Å². The molecule has 3 heteroatoms. The first-order valence-electron chi connectivity index (χ1n) is 6.18. The Kier molecular flexibility index (Phi) is 5.84. The molecule has 1 rings (SSSR count). The summed E-state index contributed by atoms with van der Waals surface area (Å²) in [6, 6.07) is 8.28. The number of benzene rings is 1. The topological polar surface area (TPSA) is 21.7 Å². The monoisotopic (exact) mass is 237 g/mol. The largest absolute Gasteiger partial charge is 0.497 e. The van der Waals surface area contributed by atoms with E-state index >= 15 is 0 Å². The minimum absolute atomic E-state index is 0.564. The van der Waals surface area contributed by atoms with Crippen LogP contribution in [0.2, 0.25) is 0 Å². The molecule has 1 aromatic rings. The Morgan fingerprint density at radius 3 is 2.53 bits per heavy atom. The smallest absolute Gasteiger partial charge is 0.123 e. The Hall–Kier alpha value is -1.22. The summed E-state index contributed by atoms with van der Waals surface area (Å²) in [6.45, 7) is 9.29. The van der Waals surface area contributed by atoms with Crippen molar-refractivity contribution in [2.45, 2.75) is 26.8 Å². The summed E-state index contributed by atoms with van der Waals surface area (Å²) in [4.78, 5) is 2.38. The molecule has 0 radical (unpaired) electrons. The molecule has 0 fully saturated rings. The fourth-order valence-corrected chi connectivity index (χ4v) is 1.75. The average molecular weight is 237 g/mol. The van der Waals surface area contributed by atoms with E-state index < -0.39 is 0 Å². The maximum Gasteiger partial charge on any atom is 0.123 e. The van der Waals surface area contributed by atoms with Crippen molar-refractivity contribution >= 4 is 0 Å². The lowest BCUT2D eigenvalue weighted by atomic mass is 10.3. The summed E-state index contributed by atoms with van der Waals surface area (Å²) in [7, 11) is 1.66. The van der Waals surface area contributed by atoms with Crippen molar-refractivity contribution < 1.29 is 9.47 Å². The van der Waals surface area contributed by atoms with Crippen LogP contribution in [0, 0.1) is 0 Å². The van der Waals surface area contributed by atoms with E-state index in [1.807, 2.05) is 24.3 Å². The summed E-state index contributed by atoms with van der Waals surface area (Å²) in [5.74, 6) is 1.70. The standard InChI is InChI=1S/C14H23NO2/c1-5-15(12(2)3)9-10-17-14-8-6-7-13(11-14)16-4/h6-8,11-12H,5,9-10H2,1-4H3. The van der Waals surface area contributed by atoms with Gasteiger partial charge in [0, 0.05) is 18.7 Å². The first-order chi connectivity index (χ1) is 8.17. The van der Waals surface area contributed by atoms with Crippen LogP contribution in [0.4, 0.5) is 0 Å². The van der Waals surface area contributed by atoms with E-state index in [4.69, 9.17) is 9.47 Å². The minimum Gasteiger partial charge on any atom is -0.497 e. The van der Waals surface area contributed by atoms with E-state index in [1.165, 1.54) is 0 Å². The van der Waals surface area contributed by atoms with Gasteiger partial charge in [-0.15, -0.1) is 0 Å². The van der Waals surface area contributed by atoms with E-state index in [0.29, 0.717) is 12.6 Å². The van der Waals surface area contributed by atoms with Crippen molar-refractivity contribution in [1.29, 1.82) is 0 Å². The van der Waals surface area contributed by atoms with Crippen LogP contribution in [0.15, 0.2) is 24.3 Å². The third-order valence-corrected chi connectivity index (χ3v) is 2.82. The van der Waals surface area contributed by atoms with Crippen molar-refractivity contribution in [2.24, 2.45) is 0 Å². The van der Waals surface area contributed by atoms with Gasteiger partial charge in [-0.05, 0) is 32.5 Å². The predicted molar refractivity (Wildman–Crippen MR) is 70.9 cm³/mol. The number of nitrogens with zero attached hydrogens (tertiary/aromatic N) is 1. The first kappa shape index (κ1) is 13.8. The van der Waals surface area contributed by atoms with Gasteiger partial charge in [-0.25, -0.2) is 0 Å². The van der Waals surface area contributed by atoms with E-state index in [0.717, 1.165) is 24.6 Å². The number of hydrogen-bond acceptors (Lipinski definition) is 3. The van der Waals surface area contributed by atoms with Crippen molar-refractivity contribution in [2.75, 3.05) is 26.8 Å². The summed E-state index contributed by atoms with van der Waals surface area (Å²) < 4.78 is 10.9. The molecule has 3 nitrogen and oxygen atoms in total. The quantitative estimate of drug-likeness (QED) is 0.728. The molecule has 0 aromatic heterocycles. The van der Waals surface area contributed by atoms with Crippen LogP contribution in [0.5, 0.6) is 11.5 Å². The summed E-state index contributed by atoms with van der Waals surface area (Å²) in [6.07, 6.45) is 0. The van der Waals surface area contributed by atoms with Gasteiger partial charge in [-0.1, -0.05) is 13.0 Å². The van der Waals surface area contributed by atoms with Gasteiger partial charge in [0.25, 0.3) is 0 Å². The number of rotatable bonds is 7. The van der Waals surface area contributed by atoms with E-state index in [9.17, 15) is 0 Å². The van der Waals surface area contributed by atoms with Gasteiger partial charge < -0.3 is 9.47 Å². The highest BCUT2D eigenvalue weighted by Crippen LogP contribution is 2.18. The van der Waals surface area contributed by atoms with Gasteiger partial charge in [-0.3, -0.25) is 4.90 Å². The molecule has 0 spiro atoms. The van der Waals surface area contributed by atoms with Crippen LogP contribution in [-0.4, -0.2) is 37.7 Å². The van der Waals surface area contributed by atoms with Gasteiger partial charge in [0.05, 0.1) is 7.11 Å². The molecule has 0 heterocycles. The van der Waals surface area contributed by atoms with Crippen LogP contribution in [0.1, 0.15) is 20.8 Å². The predicted octanol–water partition coefficient (Wildman–Crippen LogP) is 2.80. The van der Waals surface area contributed by atoms with Crippen molar-refractivity contribution in [3.63, 3.8) is 0 Å². The van der Waals surface area contributed by atoms with Crippen molar-refractivity contribution in [3.8, 4) is 11.5 Å². The molecule has 0 aliphatic heterocycles. The molecule has 1 aromatic carbocycles. The Labute approximate surface area is 104 Å². The Bertz CT molecular complexity index is 326. The molecule has 17 heavy (non-hydrogen) atoms. The highest BCUT2D eigenvalue weighted by Gasteiger charge is 2.06. The fraction of sp³-hybridized carbons (Fsp3) is 0.571. The van der Waals surface area contributed by atoms with E-state index in [2.05, 4.69) is 25.7 Å².